The van der Waals surface area contributed by atoms with Gasteiger partial charge in [-0.15, -0.1) is 11.3 Å². The minimum Gasteiger partial charge on any atom is -0.493 e. The molecular formula is C23H27N3O3S2. The molecule has 1 aliphatic heterocycles. The Balaban J connectivity index is 1.46. The lowest BCUT2D eigenvalue weighted by atomic mass is 10.0. The minimum atomic E-state index is -0.335. The van der Waals surface area contributed by atoms with Gasteiger partial charge in [-0.1, -0.05) is 30.7 Å². The molecule has 1 saturated carbocycles. The van der Waals surface area contributed by atoms with Crippen LogP contribution in [-0.4, -0.2) is 42.3 Å². The Morgan fingerprint density at radius 3 is 2.55 bits per heavy atom. The van der Waals surface area contributed by atoms with Crippen LogP contribution >= 0.6 is 23.1 Å². The highest BCUT2D eigenvalue weighted by Crippen LogP contribution is 2.38. The summed E-state index contributed by atoms with van der Waals surface area (Å²) >= 11 is 3.14. The molecule has 1 aromatic carbocycles. The lowest BCUT2D eigenvalue weighted by Gasteiger charge is -2.20. The molecule has 164 valence electrons. The van der Waals surface area contributed by atoms with E-state index in [-0.39, 0.29) is 17.3 Å². The number of aliphatic imine (C=N–C) groups is 2. The number of carbonyl (C=O) groups is 1. The molecule has 0 bridgehead atoms. The van der Waals surface area contributed by atoms with Crippen molar-refractivity contribution >= 4 is 45.4 Å². The predicted molar refractivity (Wildman–Crippen MR) is 129 cm³/mol. The van der Waals surface area contributed by atoms with Crippen molar-refractivity contribution in [2.24, 2.45) is 9.98 Å². The van der Waals surface area contributed by atoms with Gasteiger partial charge in [0.2, 0.25) is 5.91 Å². The molecule has 4 rings (SSSR count). The van der Waals surface area contributed by atoms with E-state index in [1.165, 1.54) is 24.6 Å². The summed E-state index contributed by atoms with van der Waals surface area (Å²) in [5.74, 6) is 1.39. The normalized spacial score (nSPS) is 17.6. The number of hydrogen-bond acceptors (Lipinski definition) is 7. The number of thiophene rings is 1. The van der Waals surface area contributed by atoms with E-state index in [0.717, 1.165) is 41.3 Å². The lowest BCUT2D eigenvalue weighted by molar-refractivity contribution is -0.113. The topological polar surface area (TPSA) is 72.3 Å². The van der Waals surface area contributed by atoms with Crippen molar-refractivity contribution in [1.82, 2.24) is 0 Å². The highest BCUT2D eigenvalue weighted by atomic mass is 32.2. The zero-order chi connectivity index (χ0) is 21.7. The third-order valence-electron chi connectivity index (χ3n) is 5.50. The van der Waals surface area contributed by atoms with E-state index in [1.807, 2.05) is 6.07 Å². The zero-order valence-corrected chi connectivity index (χ0v) is 19.5. The van der Waals surface area contributed by atoms with Gasteiger partial charge in [-0.2, -0.15) is 0 Å². The van der Waals surface area contributed by atoms with Crippen LogP contribution in [0.5, 0.6) is 11.5 Å². The summed E-state index contributed by atoms with van der Waals surface area (Å²) in [6, 6.07) is 9.45. The van der Waals surface area contributed by atoms with Gasteiger partial charge in [-0.25, -0.2) is 4.99 Å². The van der Waals surface area contributed by atoms with Crippen LogP contribution in [0.15, 0.2) is 45.7 Å². The molecule has 31 heavy (non-hydrogen) atoms. The van der Waals surface area contributed by atoms with E-state index in [0.29, 0.717) is 17.2 Å². The summed E-state index contributed by atoms with van der Waals surface area (Å²) in [6.07, 6.45) is 6.78. The van der Waals surface area contributed by atoms with Crippen molar-refractivity contribution in [2.75, 3.05) is 25.3 Å². The number of ether oxygens (including phenoxy) is 2. The number of methoxy groups -OCH3 is 2. The van der Waals surface area contributed by atoms with Crippen LogP contribution in [0.4, 0.5) is 5.69 Å². The average molecular weight is 458 g/mol. The van der Waals surface area contributed by atoms with Crippen LogP contribution in [0.1, 0.15) is 43.4 Å². The van der Waals surface area contributed by atoms with Crippen LogP contribution in [0, 0.1) is 0 Å². The lowest BCUT2D eigenvalue weighted by Crippen LogP contribution is -2.20. The number of hydrogen-bond donors (Lipinski definition) is 1. The molecule has 2 aliphatic rings. The molecule has 1 N–H and O–H groups in total. The van der Waals surface area contributed by atoms with E-state index in [1.54, 1.807) is 43.8 Å². The quantitative estimate of drug-likeness (QED) is 0.631. The van der Waals surface area contributed by atoms with Crippen LogP contribution in [0.3, 0.4) is 0 Å². The Hall–Kier alpha value is -2.32. The van der Waals surface area contributed by atoms with Crippen molar-refractivity contribution in [3.8, 4) is 11.5 Å². The van der Waals surface area contributed by atoms with E-state index in [2.05, 4.69) is 16.8 Å². The number of thioether (sulfide) groups is 1. The van der Waals surface area contributed by atoms with E-state index < -0.39 is 0 Å². The van der Waals surface area contributed by atoms with Gasteiger partial charge in [0.1, 0.15) is 10.8 Å². The maximum absolute atomic E-state index is 12.6. The van der Waals surface area contributed by atoms with Crippen LogP contribution < -0.4 is 14.8 Å². The van der Waals surface area contributed by atoms with Gasteiger partial charge in [0, 0.05) is 11.8 Å². The van der Waals surface area contributed by atoms with Crippen molar-refractivity contribution in [3.05, 3.63) is 40.6 Å². The Morgan fingerprint density at radius 1 is 1.10 bits per heavy atom. The third-order valence-corrected chi connectivity index (χ3v) is 7.34. The molecule has 0 radical (unpaired) electrons. The van der Waals surface area contributed by atoms with Crippen molar-refractivity contribution in [1.29, 1.82) is 0 Å². The molecule has 0 atom stereocenters. The first kappa shape index (κ1) is 21.9. The fourth-order valence-electron chi connectivity index (χ4n) is 3.96. The molecular weight excluding hydrogens is 430 g/mol. The van der Waals surface area contributed by atoms with Crippen LogP contribution in [-0.2, 0) is 4.79 Å². The first-order chi connectivity index (χ1) is 15.1. The van der Waals surface area contributed by atoms with Crippen molar-refractivity contribution in [3.63, 3.8) is 0 Å². The highest BCUT2D eigenvalue weighted by Gasteiger charge is 2.37. The molecule has 1 spiro atoms. The van der Waals surface area contributed by atoms with Crippen molar-refractivity contribution in [2.45, 2.75) is 44.2 Å². The van der Waals surface area contributed by atoms with Crippen LogP contribution in [0.2, 0.25) is 0 Å². The van der Waals surface area contributed by atoms with Gasteiger partial charge in [-0.05, 0) is 49.3 Å². The maximum atomic E-state index is 12.6. The van der Waals surface area contributed by atoms with E-state index in [4.69, 9.17) is 19.5 Å². The molecule has 2 aromatic rings. The number of anilines is 1. The number of amides is 1. The van der Waals surface area contributed by atoms with Crippen molar-refractivity contribution < 1.29 is 14.3 Å². The second kappa shape index (κ2) is 9.87. The summed E-state index contributed by atoms with van der Waals surface area (Å²) in [7, 11) is 3.16. The number of rotatable bonds is 6. The third kappa shape index (κ3) is 5.13. The molecule has 6 nitrogen and oxygen atoms in total. The minimum absolute atomic E-state index is 0.0905. The van der Waals surface area contributed by atoms with Gasteiger partial charge in [0.05, 0.1) is 24.8 Å². The summed E-state index contributed by atoms with van der Waals surface area (Å²) in [5.41, 5.74) is 1.28. The Labute approximate surface area is 191 Å². The second-order valence-corrected chi connectivity index (χ2v) is 9.57. The largest absolute Gasteiger partial charge is 0.493 e. The predicted octanol–water partition coefficient (Wildman–Crippen LogP) is 5.39. The van der Waals surface area contributed by atoms with Gasteiger partial charge in [0.15, 0.2) is 17.2 Å². The van der Waals surface area contributed by atoms with Gasteiger partial charge < -0.3 is 14.8 Å². The Kier molecular flexibility index (Phi) is 6.97. The van der Waals surface area contributed by atoms with E-state index >= 15 is 0 Å². The Morgan fingerprint density at radius 2 is 1.87 bits per heavy atom. The fourth-order valence-corrected chi connectivity index (χ4v) is 5.61. The molecule has 8 heteroatoms. The first-order valence-corrected chi connectivity index (χ1v) is 12.4. The standard InChI is InChI=1S/C23H27N3O3S2/c1-28-17-10-9-16(14-18(17)29-2)24-20(27)15-31-22-21(19-8-7-13-30-19)25-23(26-22)11-5-3-4-6-12-23/h7-10,13-14H,3-6,11-12,15H2,1-2H3,(H,24,27). The molecule has 0 saturated heterocycles. The SMILES string of the molecule is COc1ccc(NC(=O)CSC2=NC3(CCCCCC3)N=C2c2cccs2)cc1OC. The smallest absolute Gasteiger partial charge is 0.234 e. The van der Waals surface area contributed by atoms with Gasteiger partial charge >= 0.3 is 0 Å². The first-order valence-electron chi connectivity index (χ1n) is 10.5. The summed E-state index contributed by atoms with van der Waals surface area (Å²) in [4.78, 5) is 23.9. The molecule has 0 unspecified atom stereocenters. The summed E-state index contributed by atoms with van der Waals surface area (Å²) in [5, 5.41) is 5.87. The summed E-state index contributed by atoms with van der Waals surface area (Å²) < 4.78 is 10.6. The zero-order valence-electron chi connectivity index (χ0n) is 17.8. The average Bonchev–Trinajstić information content (AvgIpc) is 3.37. The molecule has 1 aliphatic carbocycles. The molecule has 1 amide bonds. The number of benzene rings is 1. The number of carbonyl (C=O) groups excluding carboxylic acids is 1. The van der Waals surface area contributed by atoms with Gasteiger partial charge in [0.25, 0.3) is 0 Å². The monoisotopic (exact) mass is 457 g/mol. The second-order valence-electron chi connectivity index (χ2n) is 7.66. The molecule has 2 heterocycles. The summed E-state index contributed by atoms with van der Waals surface area (Å²) in [6.45, 7) is 0. The maximum Gasteiger partial charge on any atom is 0.234 e. The van der Waals surface area contributed by atoms with Crippen LogP contribution in [0.25, 0.3) is 0 Å². The fraction of sp³-hybridized carbons (Fsp3) is 0.435. The number of nitrogens with zero attached hydrogens (tertiary/aromatic N) is 2. The van der Waals surface area contributed by atoms with Gasteiger partial charge in [-0.3, -0.25) is 9.79 Å². The molecule has 1 fully saturated rings. The Bertz CT molecular complexity index is 978. The van der Waals surface area contributed by atoms with E-state index in [9.17, 15) is 4.79 Å². The highest BCUT2D eigenvalue weighted by molar-refractivity contribution is 8.16. The number of nitrogens with one attached hydrogen (secondary N) is 1. The molecule has 1 aromatic heterocycles.